The molecule has 1 saturated heterocycles. The average molecular weight is 262 g/mol. The molecule has 3 nitrogen and oxygen atoms in total. The van der Waals surface area contributed by atoms with E-state index in [1.54, 1.807) is 0 Å². The van der Waals surface area contributed by atoms with Gasteiger partial charge in [-0.25, -0.2) is 0 Å². The van der Waals surface area contributed by atoms with E-state index < -0.39 is 0 Å². The molecule has 0 N–H and O–H groups in total. The highest BCUT2D eigenvalue weighted by Crippen LogP contribution is 2.11. The molecule has 0 saturated carbocycles. The molecular weight excluding hydrogens is 250 g/mol. The van der Waals surface area contributed by atoms with Crippen molar-refractivity contribution in [3.05, 3.63) is 16.9 Å². The van der Waals surface area contributed by atoms with Crippen molar-refractivity contribution in [1.29, 1.82) is 0 Å². The molecule has 0 spiro atoms. The minimum Gasteiger partial charge on any atom is -0.283 e. The Bertz CT molecular complexity index is 270. The maximum absolute atomic E-state index is 4.23. The van der Waals surface area contributed by atoms with Crippen molar-refractivity contribution in [1.82, 2.24) is 14.7 Å². The second-order valence-corrected chi connectivity index (χ2v) is 5.21. The molecule has 0 atom stereocenters. The summed E-state index contributed by atoms with van der Waals surface area (Å²) in [5.74, 6) is 2.50. The van der Waals surface area contributed by atoms with E-state index in [0.29, 0.717) is 0 Å². The third-order valence-corrected chi connectivity index (χ3v) is 3.40. The van der Waals surface area contributed by atoms with Crippen LogP contribution in [0.1, 0.15) is 0 Å². The highest BCUT2D eigenvalue weighted by molar-refractivity contribution is 9.10. The number of hydrogen-bond donors (Lipinski definition) is 0. The van der Waals surface area contributed by atoms with Gasteiger partial charge in [0.1, 0.15) is 0 Å². The zero-order chi connectivity index (χ0) is 9.10. The second kappa shape index (κ2) is 4.48. The lowest BCUT2D eigenvalue weighted by Gasteiger charge is -2.25. The first kappa shape index (κ1) is 9.55. The molecular formula is C8H12BrN3S. The third kappa shape index (κ3) is 2.72. The first-order chi connectivity index (χ1) is 6.34. The molecule has 0 unspecified atom stereocenters. The predicted molar refractivity (Wildman–Crippen MR) is 58.8 cm³/mol. The molecule has 0 aromatic carbocycles. The van der Waals surface area contributed by atoms with Gasteiger partial charge in [0.15, 0.2) is 0 Å². The molecule has 1 aromatic heterocycles. The molecule has 0 bridgehead atoms. The van der Waals surface area contributed by atoms with Crippen LogP contribution in [0.25, 0.3) is 0 Å². The van der Waals surface area contributed by atoms with Crippen LogP contribution in [0.5, 0.6) is 0 Å². The minimum atomic E-state index is 0.923. The van der Waals surface area contributed by atoms with E-state index in [4.69, 9.17) is 0 Å². The monoisotopic (exact) mass is 261 g/mol. The Morgan fingerprint density at radius 2 is 2.23 bits per heavy atom. The summed E-state index contributed by atoms with van der Waals surface area (Å²) in [5, 5.41) is 4.23. The second-order valence-electron chi connectivity index (χ2n) is 3.07. The summed E-state index contributed by atoms with van der Waals surface area (Å²) in [4.78, 5) is 2.43. The van der Waals surface area contributed by atoms with E-state index >= 15 is 0 Å². The lowest BCUT2D eigenvalue weighted by atomic mass is 10.5. The smallest absolute Gasteiger partial charge is 0.0929 e. The van der Waals surface area contributed by atoms with E-state index in [-0.39, 0.29) is 0 Å². The zero-order valence-corrected chi connectivity index (χ0v) is 9.72. The maximum atomic E-state index is 4.23. The first-order valence-corrected chi connectivity index (χ1v) is 6.27. The van der Waals surface area contributed by atoms with Gasteiger partial charge in [0.25, 0.3) is 0 Å². The number of nitrogens with zero attached hydrogens (tertiary/aromatic N) is 3. The average Bonchev–Trinajstić information content (AvgIpc) is 2.53. The van der Waals surface area contributed by atoms with Crippen LogP contribution in [0.3, 0.4) is 0 Å². The van der Waals surface area contributed by atoms with Crippen molar-refractivity contribution < 1.29 is 0 Å². The predicted octanol–water partition coefficient (Wildman–Crippen LogP) is 1.65. The van der Waals surface area contributed by atoms with Gasteiger partial charge in [0, 0.05) is 30.8 Å². The van der Waals surface area contributed by atoms with E-state index in [9.17, 15) is 0 Å². The van der Waals surface area contributed by atoms with E-state index in [1.807, 2.05) is 28.8 Å². The van der Waals surface area contributed by atoms with Crippen molar-refractivity contribution in [2.24, 2.45) is 0 Å². The van der Waals surface area contributed by atoms with Gasteiger partial charge in [0.05, 0.1) is 17.3 Å². The van der Waals surface area contributed by atoms with E-state index in [1.165, 1.54) is 24.6 Å². The molecule has 72 valence electrons. The molecule has 0 amide bonds. The quantitative estimate of drug-likeness (QED) is 0.808. The van der Waals surface area contributed by atoms with Crippen LogP contribution in [-0.4, -0.2) is 39.3 Å². The van der Waals surface area contributed by atoms with Crippen LogP contribution < -0.4 is 0 Å². The van der Waals surface area contributed by atoms with Crippen LogP contribution in [0.2, 0.25) is 0 Å². The molecule has 2 heterocycles. The van der Waals surface area contributed by atoms with Crippen molar-refractivity contribution in [3.63, 3.8) is 0 Å². The molecule has 1 aromatic rings. The molecule has 1 fully saturated rings. The number of thioether (sulfide) groups is 1. The standard InChI is InChI=1S/C8H12BrN3S/c9-8-5-10-12(6-8)7-11-1-3-13-4-2-11/h5-6H,1-4,7H2. The summed E-state index contributed by atoms with van der Waals surface area (Å²) in [5.41, 5.74) is 0. The Morgan fingerprint density at radius 3 is 2.85 bits per heavy atom. The molecule has 1 aliphatic rings. The fourth-order valence-electron chi connectivity index (χ4n) is 1.36. The van der Waals surface area contributed by atoms with Gasteiger partial charge >= 0.3 is 0 Å². The van der Waals surface area contributed by atoms with Crippen molar-refractivity contribution in [2.45, 2.75) is 6.67 Å². The van der Waals surface area contributed by atoms with Gasteiger partial charge in [0.2, 0.25) is 0 Å². The molecule has 0 aliphatic carbocycles. The molecule has 5 heteroatoms. The van der Waals surface area contributed by atoms with E-state index in [0.717, 1.165) is 11.1 Å². The summed E-state index contributed by atoms with van der Waals surface area (Å²) in [6, 6.07) is 0. The first-order valence-electron chi connectivity index (χ1n) is 4.32. The van der Waals surface area contributed by atoms with Crippen LogP contribution in [-0.2, 0) is 6.67 Å². The number of halogens is 1. The molecule has 13 heavy (non-hydrogen) atoms. The van der Waals surface area contributed by atoms with Crippen LogP contribution in [0, 0.1) is 0 Å². The number of rotatable bonds is 2. The van der Waals surface area contributed by atoms with Gasteiger partial charge in [-0.1, -0.05) is 0 Å². The van der Waals surface area contributed by atoms with Crippen LogP contribution in [0.4, 0.5) is 0 Å². The highest BCUT2D eigenvalue weighted by atomic mass is 79.9. The fraction of sp³-hybridized carbons (Fsp3) is 0.625. The summed E-state index contributed by atoms with van der Waals surface area (Å²) in [6.45, 7) is 3.29. The van der Waals surface area contributed by atoms with Crippen LogP contribution in [0.15, 0.2) is 16.9 Å². The number of hydrogen-bond acceptors (Lipinski definition) is 3. The minimum absolute atomic E-state index is 0.923. The summed E-state index contributed by atoms with van der Waals surface area (Å²) in [6.07, 6.45) is 3.85. The number of aromatic nitrogens is 2. The van der Waals surface area contributed by atoms with Crippen LogP contribution >= 0.6 is 27.7 Å². The SMILES string of the molecule is Brc1cnn(CN2CCSCC2)c1. The Labute approximate surface area is 90.6 Å². The van der Waals surface area contributed by atoms with Crippen molar-refractivity contribution in [2.75, 3.05) is 24.6 Å². The highest BCUT2D eigenvalue weighted by Gasteiger charge is 2.10. The lowest BCUT2D eigenvalue weighted by Crippen LogP contribution is -2.34. The van der Waals surface area contributed by atoms with Gasteiger partial charge in [-0.2, -0.15) is 16.9 Å². The van der Waals surface area contributed by atoms with E-state index in [2.05, 4.69) is 25.9 Å². The van der Waals surface area contributed by atoms with Gasteiger partial charge in [-0.15, -0.1) is 0 Å². The zero-order valence-electron chi connectivity index (χ0n) is 7.32. The largest absolute Gasteiger partial charge is 0.283 e. The lowest BCUT2D eigenvalue weighted by molar-refractivity contribution is 0.228. The summed E-state index contributed by atoms with van der Waals surface area (Å²) >= 11 is 5.42. The molecule has 1 aliphatic heterocycles. The normalized spacial score (nSPS) is 19.2. The third-order valence-electron chi connectivity index (χ3n) is 2.05. The molecule has 2 rings (SSSR count). The Hall–Kier alpha value is -0.0000000000000000833. The topological polar surface area (TPSA) is 21.1 Å². The van der Waals surface area contributed by atoms with Gasteiger partial charge in [-0.05, 0) is 15.9 Å². The van der Waals surface area contributed by atoms with Gasteiger partial charge in [-0.3, -0.25) is 9.58 Å². The van der Waals surface area contributed by atoms with Gasteiger partial charge < -0.3 is 0 Å². The summed E-state index contributed by atoms with van der Waals surface area (Å²) < 4.78 is 3.03. The fourth-order valence-corrected chi connectivity index (χ4v) is 2.67. The van der Waals surface area contributed by atoms with Crippen molar-refractivity contribution >= 4 is 27.7 Å². The van der Waals surface area contributed by atoms with Crippen molar-refractivity contribution in [3.8, 4) is 0 Å². The maximum Gasteiger partial charge on any atom is 0.0929 e. The Kier molecular flexibility index (Phi) is 3.29. The summed E-state index contributed by atoms with van der Waals surface area (Å²) in [7, 11) is 0. The Morgan fingerprint density at radius 1 is 1.46 bits per heavy atom. The Balaban J connectivity index is 1.89. The molecule has 0 radical (unpaired) electrons.